The molecule has 0 saturated carbocycles. The van der Waals surface area contributed by atoms with E-state index in [1.54, 1.807) is 23.1 Å². The zero-order chi connectivity index (χ0) is 27.8. The third-order valence-electron chi connectivity index (χ3n) is 7.31. The number of unbranched alkanes of at least 4 members (excludes halogenated alkanes) is 2. The van der Waals surface area contributed by atoms with E-state index in [9.17, 15) is 14.7 Å². The Balaban J connectivity index is 1.70. The van der Waals surface area contributed by atoms with Crippen molar-refractivity contribution in [1.29, 1.82) is 0 Å². The average Bonchev–Trinajstić information content (AvgIpc) is 3.22. The predicted molar refractivity (Wildman–Crippen MR) is 150 cm³/mol. The van der Waals surface area contributed by atoms with Crippen molar-refractivity contribution in [2.45, 2.75) is 52.5 Å². The van der Waals surface area contributed by atoms with Gasteiger partial charge >= 0.3 is 0 Å². The molecule has 39 heavy (non-hydrogen) atoms. The van der Waals surface area contributed by atoms with Crippen molar-refractivity contribution in [1.82, 2.24) is 9.80 Å². The second-order valence-electron chi connectivity index (χ2n) is 9.86. The SMILES string of the molecule is CCCCCOc1cccc([C@H]2C(=C(O)c3ccc4c(c3)OCCO4)C(=O)C(=O)N2CCCN(CC)CC)c1. The summed E-state index contributed by atoms with van der Waals surface area (Å²) in [6.07, 6.45) is 3.85. The molecule has 1 saturated heterocycles. The van der Waals surface area contributed by atoms with Gasteiger partial charge in [0.25, 0.3) is 11.7 Å². The number of fused-ring (bicyclic) bond motifs is 1. The Bertz CT molecular complexity index is 1190. The molecule has 210 valence electrons. The summed E-state index contributed by atoms with van der Waals surface area (Å²) in [6, 6.07) is 11.8. The van der Waals surface area contributed by atoms with E-state index in [0.717, 1.165) is 44.5 Å². The van der Waals surface area contributed by atoms with Gasteiger partial charge in [0.1, 0.15) is 24.7 Å². The lowest BCUT2D eigenvalue weighted by Gasteiger charge is -2.27. The molecule has 1 N–H and O–H groups in total. The van der Waals surface area contributed by atoms with Crippen LogP contribution < -0.4 is 14.2 Å². The van der Waals surface area contributed by atoms with E-state index in [1.165, 1.54) is 0 Å². The number of carbonyl (C=O) groups is 2. The number of likely N-dealkylation sites (tertiary alicyclic amines) is 1. The van der Waals surface area contributed by atoms with Crippen LogP contribution in [0.2, 0.25) is 0 Å². The highest BCUT2D eigenvalue weighted by Gasteiger charge is 2.46. The minimum Gasteiger partial charge on any atom is -0.507 e. The topological polar surface area (TPSA) is 88.5 Å². The molecular formula is C31H40N2O6. The Labute approximate surface area is 231 Å². The number of benzene rings is 2. The molecule has 2 aromatic carbocycles. The van der Waals surface area contributed by atoms with Crippen molar-refractivity contribution in [2.75, 3.05) is 46.0 Å². The molecule has 0 aliphatic carbocycles. The van der Waals surface area contributed by atoms with Crippen LogP contribution in [0.1, 0.15) is 63.6 Å². The summed E-state index contributed by atoms with van der Waals surface area (Å²) in [6.45, 7) is 10.8. The molecule has 1 fully saturated rings. The summed E-state index contributed by atoms with van der Waals surface area (Å²) in [4.78, 5) is 30.7. The number of amides is 1. The molecule has 8 heteroatoms. The molecule has 2 aliphatic heterocycles. The Morgan fingerprint density at radius 1 is 1.00 bits per heavy atom. The van der Waals surface area contributed by atoms with E-state index in [1.807, 2.05) is 24.3 Å². The van der Waals surface area contributed by atoms with Gasteiger partial charge in [0.2, 0.25) is 0 Å². The maximum atomic E-state index is 13.4. The third kappa shape index (κ3) is 6.56. The summed E-state index contributed by atoms with van der Waals surface area (Å²) in [5.74, 6) is 0.238. The molecule has 4 rings (SSSR count). The maximum Gasteiger partial charge on any atom is 0.295 e. The van der Waals surface area contributed by atoms with E-state index in [2.05, 4.69) is 25.7 Å². The molecule has 0 bridgehead atoms. The third-order valence-corrected chi connectivity index (χ3v) is 7.31. The predicted octanol–water partition coefficient (Wildman–Crippen LogP) is 5.18. The van der Waals surface area contributed by atoms with Crippen LogP contribution in [0.5, 0.6) is 17.2 Å². The van der Waals surface area contributed by atoms with Crippen LogP contribution in [-0.2, 0) is 9.59 Å². The van der Waals surface area contributed by atoms with Gasteiger partial charge in [0.05, 0.1) is 18.2 Å². The molecule has 0 radical (unpaired) electrons. The highest BCUT2D eigenvalue weighted by atomic mass is 16.6. The Kier molecular flexibility index (Phi) is 9.87. The van der Waals surface area contributed by atoms with Crippen LogP contribution >= 0.6 is 0 Å². The summed E-state index contributed by atoms with van der Waals surface area (Å²) in [5.41, 5.74) is 1.20. The van der Waals surface area contributed by atoms with Gasteiger partial charge in [-0.1, -0.05) is 45.7 Å². The van der Waals surface area contributed by atoms with Gasteiger partial charge in [-0.25, -0.2) is 0 Å². The van der Waals surface area contributed by atoms with Crippen LogP contribution in [0.4, 0.5) is 0 Å². The molecular weight excluding hydrogens is 496 g/mol. The van der Waals surface area contributed by atoms with Crippen LogP contribution in [0.25, 0.3) is 5.76 Å². The first-order valence-corrected chi connectivity index (χ1v) is 14.1. The molecule has 2 aromatic rings. The minimum absolute atomic E-state index is 0.0719. The van der Waals surface area contributed by atoms with Crippen LogP contribution in [0, 0.1) is 0 Å². The van der Waals surface area contributed by atoms with Crippen molar-refractivity contribution < 1.29 is 28.9 Å². The van der Waals surface area contributed by atoms with E-state index in [0.29, 0.717) is 55.6 Å². The molecule has 2 heterocycles. The molecule has 0 aromatic heterocycles. The van der Waals surface area contributed by atoms with Gasteiger partial charge in [-0.3, -0.25) is 9.59 Å². The highest BCUT2D eigenvalue weighted by molar-refractivity contribution is 6.46. The van der Waals surface area contributed by atoms with Gasteiger partial charge in [-0.05, 0) is 68.4 Å². The number of Topliss-reactive ketones (excluding diaryl/α,β-unsaturated/α-hetero) is 1. The van der Waals surface area contributed by atoms with E-state index < -0.39 is 17.7 Å². The Hall–Kier alpha value is -3.52. The number of aliphatic hydroxyl groups is 1. The number of nitrogens with zero attached hydrogens (tertiary/aromatic N) is 2. The normalized spacial score (nSPS) is 18.2. The van der Waals surface area contributed by atoms with Gasteiger partial charge in [0.15, 0.2) is 11.5 Å². The molecule has 1 atom stereocenters. The quantitative estimate of drug-likeness (QED) is 0.163. The molecule has 0 spiro atoms. The Morgan fingerprint density at radius 2 is 1.77 bits per heavy atom. The summed E-state index contributed by atoms with van der Waals surface area (Å²) < 4.78 is 17.3. The number of aliphatic hydroxyl groups excluding tert-OH is 1. The summed E-state index contributed by atoms with van der Waals surface area (Å²) in [7, 11) is 0. The summed E-state index contributed by atoms with van der Waals surface area (Å²) >= 11 is 0. The number of ether oxygens (including phenoxy) is 3. The number of hydrogen-bond acceptors (Lipinski definition) is 7. The lowest BCUT2D eigenvalue weighted by molar-refractivity contribution is -0.140. The zero-order valence-corrected chi connectivity index (χ0v) is 23.3. The largest absolute Gasteiger partial charge is 0.507 e. The van der Waals surface area contributed by atoms with Gasteiger partial charge in [-0.15, -0.1) is 0 Å². The second-order valence-corrected chi connectivity index (χ2v) is 9.86. The van der Waals surface area contributed by atoms with Crippen LogP contribution in [0.3, 0.4) is 0 Å². The van der Waals surface area contributed by atoms with E-state index in [4.69, 9.17) is 14.2 Å². The number of ketones is 1. The first-order valence-electron chi connectivity index (χ1n) is 14.1. The Morgan fingerprint density at radius 3 is 2.51 bits per heavy atom. The van der Waals surface area contributed by atoms with E-state index in [-0.39, 0.29) is 11.3 Å². The van der Waals surface area contributed by atoms with Crippen molar-refractivity contribution in [3.05, 3.63) is 59.2 Å². The first-order chi connectivity index (χ1) is 19.0. The molecule has 0 unspecified atom stereocenters. The van der Waals surface area contributed by atoms with Crippen molar-refractivity contribution in [3.63, 3.8) is 0 Å². The van der Waals surface area contributed by atoms with Crippen molar-refractivity contribution >= 4 is 17.4 Å². The number of rotatable bonds is 13. The monoisotopic (exact) mass is 536 g/mol. The van der Waals surface area contributed by atoms with Gasteiger partial charge in [0, 0.05) is 12.1 Å². The maximum absolute atomic E-state index is 13.4. The van der Waals surface area contributed by atoms with Crippen molar-refractivity contribution in [3.8, 4) is 17.2 Å². The average molecular weight is 537 g/mol. The zero-order valence-electron chi connectivity index (χ0n) is 23.3. The second kappa shape index (κ2) is 13.5. The lowest BCUT2D eigenvalue weighted by Crippen LogP contribution is -2.33. The number of hydrogen-bond donors (Lipinski definition) is 1. The fourth-order valence-corrected chi connectivity index (χ4v) is 5.12. The van der Waals surface area contributed by atoms with Crippen LogP contribution in [-0.4, -0.2) is 72.6 Å². The summed E-state index contributed by atoms with van der Waals surface area (Å²) in [5, 5.41) is 11.5. The van der Waals surface area contributed by atoms with Crippen LogP contribution in [0.15, 0.2) is 48.0 Å². The molecule has 1 amide bonds. The highest BCUT2D eigenvalue weighted by Crippen LogP contribution is 2.41. The van der Waals surface area contributed by atoms with Gasteiger partial charge in [-0.2, -0.15) is 0 Å². The van der Waals surface area contributed by atoms with Crippen molar-refractivity contribution in [2.24, 2.45) is 0 Å². The smallest absolute Gasteiger partial charge is 0.295 e. The number of carbonyl (C=O) groups excluding carboxylic acids is 2. The molecule has 2 aliphatic rings. The fourth-order valence-electron chi connectivity index (χ4n) is 5.12. The minimum atomic E-state index is -0.728. The lowest BCUT2D eigenvalue weighted by atomic mass is 9.95. The first kappa shape index (κ1) is 28.5. The molecule has 8 nitrogen and oxygen atoms in total. The fraction of sp³-hybridized carbons (Fsp3) is 0.484. The standard InChI is InChI=1S/C31H40N2O6/c1-4-7-8-17-37-24-12-9-11-22(20-24)28-27(29(34)23-13-14-25-26(21-23)39-19-18-38-25)30(35)31(36)33(28)16-10-15-32(5-2)6-3/h9,11-14,20-21,28,34H,4-8,10,15-19H2,1-3H3/t28-/m0/s1. The van der Waals surface area contributed by atoms with Gasteiger partial charge < -0.3 is 29.1 Å². The van der Waals surface area contributed by atoms with E-state index >= 15 is 0 Å².